The Hall–Kier alpha value is -1.56. The van der Waals surface area contributed by atoms with E-state index in [0.29, 0.717) is 6.54 Å². The average Bonchev–Trinajstić information content (AvgIpc) is 2.92. The molecule has 102 valence electrons. The molecular weight excluding hydrogens is 260 g/mol. The smallest absolute Gasteiger partial charge is 0.0945 e. The van der Waals surface area contributed by atoms with Crippen LogP contribution in [-0.4, -0.2) is 36.5 Å². The van der Waals surface area contributed by atoms with Crippen molar-refractivity contribution in [3.8, 4) is 10.4 Å². The average molecular weight is 278 g/mol. The van der Waals surface area contributed by atoms with Crippen molar-refractivity contribution in [2.24, 2.45) is 0 Å². The van der Waals surface area contributed by atoms with E-state index >= 15 is 0 Å². The number of nitrogens with two attached hydrogens (primary N) is 1. The van der Waals surface area contributed by atoms with Crippen LogP contribution in [0, 0.1) is 0 Å². The molecule has 2 rings (SSSR count). The van der Waals surface area contributed by atoms with Crippen LogP contribution in [0.3, 0.4) is 0 Å². The molecule has 0 aliphatic carbocycles. The van der Waals surface area contributed by atoms with Gasteiger partial charge in [-0.2, -0.15) is 0 Å². The van der Waals surface area contributed by atoms with E-state index in [1.54, 1.807) is 11.3 Å². The van der Waals surface area contributed by atoms with Gasteiger partial charge in [0.15, 0.2) is 0 Å². The van der Waals surface area contributed by atoms with Gasteiger partial charge in [-0.15, -0.1) is 11.3 Å². The second kappa shape index (κ2) is 6.06. The third kappa shape index (κ3) is 3.26. The molecule has 0 amide bonds. The molecule has 1 atom stereocenters. The maximum atomic E-state index is 9.48. The first-order valence-corrected chi connectivity index (χ1v) is 6.93. The summed E-state index contributed by atoms with van der Waals surface area (Å²) in [6, 6.07) is 9.81. The summed E-state index contributed by atoms with van der Waals surface area (Å²) in [4.78, 5) is 3.02. The molecular formula is C14H18N2O2S. The molecule has 1 aromatic carbocycles. The van der Waals surface area contributed by atoms with Gasteiger partial charge in [-0.25, -0.2) is 0 Å². The van der Waals surface area contributed by atoms with E-state index in [9.17, 15) is 5.11 Å². The molecule has 5 heteroatoms. The quantitative estimate of drug-likeness (QED) is 0.729. The first kappa shape index (κ1) is 13.9. The Morgan fingerprint density at radius 3 is 2.79 bits per heavy atom. The Labute approximate surface area is 116 Å². The minimum atomic E-state index is -0.743. The van der Waals surface area contributed by atoms with Crippen LogP contribution < -0.4 is 10.6 Å². The van der Waals surface area contributed by atoms with Crippen LogP contribution in [0.4, 0.5) is 11.4 Å². The van der Waals surface area contributed by atoms with Crippen LogP contribution in [0.1, 0.15) is 0 Å². The number of likely N-dealkylation sites (N-methyl/N-ethyl adjacent to an activating group) is 1. The fraction of sp³-hybridized carbons (Fsp3) is 0.286. The monoisotopic (exact) mass is 278 g/mol. The fourth-order valence-corrected chi connectivity index (χ4v) is 2.67. The lowest BCUT2D eigenvalue weighted by molar-refractivity contribution is 0.101. The lowest BCUT2D eigenvalue weighted by atomic mass is 10.1. The summed E-state index contributed by atoms with van der Waals surface area (Å²) in [5.74, 6) is 0. The summed E-state index contributed by atoms with van der Waals surface area (Å²) in [5.41, 5.74) is 8.71. The molecule has 0 spiro atoms. The Balaban J connectivity index is 2.26. The number of benzene rings is 1. The maximum absolute atomic E-state index is 9.48. The minimum Gasteiger partial charge on any atom is -0.398 e. The van der Waals surface area contributed by atoms with E-state index in [2.05, 4.69) is 0 Å². The number of hydrogen-bond donors (Lipinski definition) is 3. The van der Waals surface area contributed by atoms with Gasteiger partial charge in [0.25, 0.3) is 0 Å². The molecule has 1 unspecified atom stereocenters. The van der Waals surface area contributed by atoms with E-state index in [-0.39, 0.29) is 6.61 Å². The van der Waals surface area contributed by atoms with Gasteiger partial charge < -0.3 is 20.8 Å². The second-order valence-electron chi connectivity index (χ2n) is 4.47. The van der Waals surface area contributed by atoms with Crippen LogP contribution in [-0.2, 0) is 0 Å². The summed E-state index contributed by atoms with van der Waals surface area (Å²) < 4.78 is 0. The molecule has 0 radical (unpaired) electrons. The summed E-state index contributed by atoms with van der Waals surface area (Å²) in [5, 5.41) is 20.4. The molecule has 4 N–H and O–H groups in total. The molecule has 0 aliphatic heterocycles. The first-order valence-electron chi connectivity index (χ1n) is 6.05. The van der Waals surface area contributed by atoms with Crippen molar-refractivity contribution in [3.63, 3.8) is 0 Å². The van der Waals surface area contributed by atoms with E-state index in [1.807, 2.05) is 47.7 Å². The zero-order valence-corrected chi connectivity index (χ0v) is 11.6. The number of aliphatic hydroxyl groups excluding tert-OH is 2. The second-order valence-corrected chi connectivity index (χ2v) is 5.41. The third-order valence-electron chi connectivity index (χ3n) is 2.96. The highest BCUT2D eigenvalue weighted by Gasteiger charge is 2.10. The summed E-state index contributed by atoms with van der Waals surface area (Å²) in [6.45, 7) is 0.140. The molecule has 4 nitrogen and oxygen atoms in total. The number of hydrogen-bond acceptors (Lipinski definition) is 5. The third-order valence-corrected chi connectivity index (χ3v) is 3.86. The lowest BCUT2D eigenvalue weighted by Crippen LogP contribution is -2.31. The fourth-order valence-electron chi connectivity index (χ4n) is 1.91. The van der Waals surface area contributed by atoms with Crippen LogP contribution >= 0.6 is 11.3 Å². The molecule has 0 fully saturated rings. The highest BCUT2D eigenvalue weighted by atomic mass is 32.1. The highest BCUT2D eigenvalue weighted by Crippen LogP contribution is 2.32. The highest BCUT2D eigenvalue weighted by molar-refractivity contribution is 7.13. The summed E-state index contributed by atoms with van der Waals surface area (Å²) in [6.07, 6.45) is -0.743. The molecule has 1 aromatic heterocycles. The normalized spacial score (nSPS) is 12.4. The van der Waals surface area contributed by atoms with Gasteiger partial charge in [0.2, 0.25) is 0 Å². The van der Waals surface area contributed by atoms with Gasteiger partial charge in [0.05, 0.1) is 12.7 Å². The van der Waals surface area contributed by atoms with Gasteiger partial charge >= 0.3 is 0 Å². The minimum absolute atomic E-state index is 0.239. The molecule has 19 heavy (non-hydrogen) atoms. The lowest BCUT2D eigenvalue weighted by Gasteiger charge is -2.22. The van der Waals surface area contributed by atoms with E-state index in [1.165, 1.54) is 0 Å². The predicted octanol–water partition coefficient (Wildman–Crippen LogP) is 1.79. The van der Waals surface area contributed by atoms with E-state index in [4.69, 9.17) is 10.8 Å². The maximum Gasteiger partial charge on any atom is 0.0945 e. The van der Waals surface area contributed by atoms with Crippen LogP contribution in [0.15, 0.2) is 35.7 Å². The van der Waals surface area contributed by atoms with Crippen molar-refractivity contribution in [2.75, 3.05) is 30.8 Å². The Morgan fingerprint density at radius 1 is 1.37 bits per heavy atom. The molecule has 2 aromatic rings. The van der Waals surface area contributed by atoms with Gasteiger partial charge in [-0.05, 0) is 29.6 Å². The van der Waals surface area contributed by atoms with Crippen molar-refractivity contribution < 1.29 is 10.2 Å². The van der Waals surface area contributed by atoms with Gasteiger partial charge in [-0.1, -0.05) is 6.07 Å². The van der Waals surface area contributed by atoms with Crippen molar-refractivity contribution in [1.82, 2.24) is 0 Å². The summed E-state index contributed by atoms with van der Waals surface area (Å²) in [7, 11) is 1.88. The zero-order valence-electron chi connectivity index (χ0n) is 10.8. The zero-order chi connectivity index (χ0) is 13.8. The van der Waals surface area contributed by atoms with Crippen molar-refractivity contribution in [2.45, 2.75) is 6.10 Å². The number of rotatable bonds is 5. The van der Waals surface area contributed by atoms with E-state index < -0.39 is 6.10 Å². The molecule has 0 saturated heterocycles. The van der Waals surface area contributed by atoms with Gasteiger partial charge in [0, 0.05) is 35.4 Å². The molecule has 0 aliphatic rings. The van der Waals surface area contributed by atoms with Crippen LogP contribution in [0.5, 0.6) is 0 Å². The Bertz CT molecular complexity index is 528. The number of nitrogen functional groups attached to an aromatic ring is 1. The van der Waals surface area contributed by atoms with Crippen molar-refractivity contribution in [3.05, 3.63) is 35.7 Å². The number of aliphatic hydroxyl groups is 2. The standard InChI is InChI=1S/C14H18N2O2S/c1-16(8-11(18)9-17)10-4-5-13(15)12(7-10)14-3-2-6-19-14/h2-7,11,17-18H,8-9,15H2,1H3. The number of nitrogens with zero attached hydrogens (tertiary/aromatic N) is 1. The van der Waals surface area contributed by atoms with Crippen LogP contribution in [0.25, 0.3) is 10.4 Å². The SMILES string of the molecule is CN(CC(O)CO)c1ccc(N)c(-c2cccs2)c1. The number of thiophene rings is 1. The van der Waals surface area contributed by atoms with Gasteiger partial charge in [-0.3, -0.25) is 0 Å². The first-order chi connectivity index (χ1) is 9.11. The number of anilines is 2. The van der Waals surface area contributed by atoms with Crippen molar-refractivity contribution in [1.29, 1.82) is 0 Å². The van der Waals surface area contributed by atoms with Crippen LogP contribution in [0.2, 0.25) is 0 Å². The molecule has 0 saturated carbocycles. The largest absolute Gasteiger partial charge is 0.398 e. The van der Waals surface area contributed by atoms with Crippen molar-refractivity contribution >= 4 is 22.7 Å². The van der Waals surface area contributed by atoms with E-state index in [0.717, 1.165) is 21.8 Å². The summed E-state index contributed by atoms with van der Waals surface area (Å²) >= 11 is 1.64. The van der Waals surface area contributed by atoms with Gasteiger partial charge in [0.1, 0.15) is 0 Å². The molecule has 0 bridgehead atoms. The Morgan fingerprint density at radius 2 is 2.16 bits per heavy atom. The predicted molar refractivity (Wildman–Crippen MR) is 80.5 cm³/mol. The topological polar surface area (TPSA) is 69.7 Å². The Kier molecular flexibility index (Phi) is 4.42. The molecule has 1 heterocycles.